The van der Waals surface area contributed by atoms with Gasteiger partial charge in [0.1, 0.15) is 11.6 Å². The first-order chi connectivity index (χ1) is 13.0. The van der Waals surface area contributed by atoms with Crippen molar-refractivity contribution in [2.24, 2.45) is 0 Å². The van der Waals surface area contributed by atoms with Crippen molar-refractivity contribution in [3.8, 4) is 5.75 Å². The lowest BCUT2D eigenvalue weighted by molar-refractivity contribution is -0.123. The molecule has 27 heavy (non-hydrogen) atoms. The molecule has 6 heteroatoms. The first-order valence-electron chi connectivity index (χ1n) is 8.73. The second kappa shape index (κ2) is 8.39. The molecule has 0 saturated carbocycles. The first-order valence-corrected chi connectivity index (χ1v) is 9.54. The van der Waals surface area contributed by atoms with Crippen LogP contribution in [-0.4, -0.2) is 22.2 Å². The smallest absolute Gasteiger partial charge is 0.293 e. The van der Waals surface area contributed by atoms with Gasteiger partial charge in [0.25, 0.3) is 11.1 Å². The number of thioether (sulfide) groups is 1. The summed E-state index contributed by atoms with van der Waals surface area (Å²) in [6.45, 7) is 4.19. The van der Waals surface area contributed by atoms with Gasteiger partial charge >= 0.3 is 0 Å². The predicted octanol–water partition coefficient (Wildman–Crippen LogP) is 5.24. The minimum absolute atomic E-state index is 0.129. The highest BCUT2D eigenvalue weighted by molar-refractivity contribution is 8.18. The molecular formula is C21H20FNO3S. The van der Waals surface area contributed by atoms with E-state index in [1.165, 1.54) is 17.0 Å². The van der Waals surface area contributed by atoms with Gasteiger partial charge in [-0.15, -0.1) is 0 Å². The third kappa shape index (κ3) is 4.77. The van der Waals surface area contributed by atoms with Crippen LogP contribution in [0.5, 0.6) is 5.75 Å². The van der Waals surface area contributed by atoms with Crippen molar-refractivity contribution in [1.82, 2.24) is 4.90 Å². The first kappa shape index (κ1) is 19.2. The molecule has 0 spiro atoms. The monoisotopic (exact) mass is 385 g/mol. The number of imide groups is 1. The number of hydrogen-bond donors (Lipinski definition) is 0. The summed E-state index contributed by atoms with van der Waals surface area (Å²) in [6, 6.07) is 13.2. The van der Waals surface area contributed by atoms with E-state index >= 15 is 0 Å². The van der Waals surface area contributed by atoms with E-state index in [0.717, 1.165) is 29.5 Å². The minimum atomic E-state index is -0.353. The summed E-state index contributed by atoms with van der Waals surface area (Å²) in [5, 5.41) is -0.327. The average Bonchev–Trinajstić information content (AvgIpc) is 2.92. The van der Waals surface area contributed by atoms with Gasteiger partial charge in [-0.2, -0.15) is 0 Å². The van der Waals surface area contributed by atoms with Gasteiger partial charge < -0.3 is 4.74 Å². The molecule has 4 nitrogen and oxygen atoms in total. The second-order valence-electron chi connectivity index (χ2n) is 6.30. The third-order valence-corrected chi connectivity index (χ3v) is 5.12. The van der Waals surface area contributed by atoms with Crippen LogP contribution in [0.3, 0.4) is 0 Å². The van der Waals surface area contributed by atoms with E-state index in [0.29, 0.717) is 10.5 Å². The molecule has 0 aliphatic carbocycles. The highest BCUT2D eigenvalue weighted by Crippen LogP contribution is 2.33. The maximum atomic E-state index is 13.0. The molecule has 1 aliphatic heterocycles. The predicted molar refractivity (Wildman–Crippen MR) is 105 cm³/mol. The Hall–Kier alpha value is -2.60. The lowest BCUT2D eigenvalue weighted by Gasteiger charge is -2.12. The van der Waals surface area contributed by atoms with Gasteiger partial charge in [0.05, 0.1) is 17.6 Å². The molecular weight excluding hydrogens is 365 g/mol. The van der Waals surface area contributed by atoms with Gasteiger partial charge in [-0.25, -0.2) is 4.39 Å². The Kier molecular flexibility index (Phi) is 5.96. The third-order valence-electron chi connectivity index (χ3n) is 4.22. The van der Waals surface area contributed by atoms with E-state index in [-0.39, 0.29) is 29.6 Å². The Morgan fingerprint density at radius 2 is 1.78 bits per heavy atom. The average molecular weight is 385 g/mol. The second-order valence-corrected chi connectivity index (χ2v) is 7.29. The summed E-state index contributed by atoms with van der Waals surface area (Å²) >= 11 is 0.911. The topological polar surface area (TPSA) is 46.6 Å². The number of rotatable bonds is 6. The van der Waals surface area contributed by atoms with E-state index in [1.807, 2.05) is 31.2 Å². The van der Waals surface area contributed by atoms with Gasteiger partial charge in [0.2, 0.25) is 0 Å². The Balaban J connectivity index is 1.71. The summed E-state index contributed by atoms with van der Waals surface area (Å²) in [5.74, 6) is 0.0775. The quantitative estimate of drug-likeness (QED) is 0.638. The molecule has 2 aromatic rings. The number of ether oxygens (including phenoxy) is 1. The van der Waals surface area contributed by atoms with Crippen LogP contribution in [0.2, 0.25) is 0 Å². The number of nitrogens with zero attached hydrogens (tertiary/aromatic N) is 1. The fourth-order valence-electron chi connectivity index (χ4n) is 2.52. The SMILES string of the molecule is CC[C@@H](C)Oc1ccc(/C=C2\SC(=O)N(Cc3ccc(F)cc3)C2=O)cc1. The summed E-state index contributed by atoms with van der Waals surface area (Å²) in [6.07, 6.45) is 2.75. The summed E-state index contributed by atoms with van der Waals surface area (Å²) in [4.78, 5) is 26.3. The van der Waals surface area contributed by atoms with Gasteiger partial charge in [0.15, 0.2) is 0 Å². The molecule has 1 heterocycles. The fourth-order valence-corrected chi connectivity index (χ4v) is 3.36. The van der Waals surface area contributed by atoms with Crippen LogP contribution in [0.25, 0.3) is 6.08 Å². The van der Waals surface area contributed by atoms with E-state index in [9.17, 15) is 14.0 Å². The van der Waals surface area contributed by atoms with Crippen LogP contribution in [0.4, 0.5) is 9.18 Å². The molecule has 1 fully saturated rings. The number of amides is 2. The van der Waals surface area contributed by atoms with E-state index in [1.54, 1.807) is 18.2 Å². The van der Waals surface area contributed by atoms with E-state index in [2.05, 4.69) is 6.92 Å². The van der Waals surface area contributed by atoms with Gasteiger partial charge in [-0.1, -0.05) is 31.2 Å². The van der Waals surface area contributed by atoms with Crippen LogP contribution in [0.15, 0.2) is 53.4 Å². The Morgan fingerprint density at radius 3 is 2.41 bits per heavy atom. The van der Waals surface area contributed by atoms with Crippen LogP contribution in [0, 0.1) is 5.82 Å². The zero-order valence-corrected chi connectivity index (χ0v) is 16.0. The molecule has 1 aliphatic rings. The normalized spacial score (nSPS) is 16.9. The number of hydrogen-bond acceptors (Lipinski definition) is 4. The van der Waals surface area contributed by atoms with Crippen molar-refractivity contribution < 1.29 is 18.7 Å². The summed E-state index contributed by atoms with van der Waals surface area (Å²) < 4.78 is 18.7. The number of carbonyl (C=O) groups is 2. The Labute approximate surface area is 162 Å². The largest absolute Gasteiger partial charge is 0.491 e. The number of halogens is 1. The Morgan fingerprint density at radius 1 is 1.11 bits per heavy atom. The molecule has 2 amide bonds. The van der Waals surface area contributed by atoms with Crippen LogP contribution in [-0.2, 0) is 11.3 Å². The standard InChI is InChI=1S/C21H20FNO3S/c1-3-14(2)26-18-10-6-15(7-11-18)12-19-20(24)23(21(25)27-19)13-16-4-8-17(22)9-5-16/h4-12,14H,3,13H2,1-2H3/b19-12-/t14-/m1/s1. The van der Waals surface area contributed by atoms with Crippen LogP contribution >= 0.6 is 11.8 Å². The van der Waals surface area contributed by atoms with E-state index in [4.69, 9.17) is 4.74 Å². The van der Waals surface area contributed by atoms with Crippen molar-refractivity contribution in [1.29, 1.82) is 0 Å². The highest BCUT2D eigenvalue weighted by Gasteiger charge is 2.34. The summed E-state index contributed by atoms with van der Waals surface area (Å²) in [5.41, 5.74) is 1.52. The molecule has 0 N–H and O–H groups in total. The number of benzene rings is 2. The maximum Gasteiger partial charge on any atom is 0.293 e. The van der Waals surface area contributed by atoms with Crippen molar-refractivity contribution in [2.45, 2.75) is 32.9 Å². The zero-order chi connectivity index (χ0) is 19.4. The molecule has 2 aromatic carbocycles. The molecule has 3 rings (SSSR count). The molecule has 140 valence electrons. The maximum absolute atomic E-state index is 13.0. The molecule has 1 atom stereocenters. The van der Waals surface area contributed by atoms with Crippen molar-refractivity contribution in [2.75, 3.05) is 0 Å². The molecule has 0 bridgehead atoms. The molecule has 0 aromatic heterocycles. The molecule has 0 radical (unpaired) electrons. The van der Waals surface area contributed by atoms with Gasteiger partial charge in [-0.05, 0) is 66.6 Å². The fraction of sp³-hybridized carbons (Fsp3) is 0.238. The minimum Gasteiger partial charge on any atom is -0.491 e. The lowest BCUT2D eigenvalue weighted by Crippen LogP contribution is -2.27. The lowest BCUT2D eigenvalue weighted by atomic mass is 10.2. The van der Waals surface area contributed by atoms with Crippen LogP contribution < -0.4 is 4.74 Å². The zero-order valence-electron chi connectivity index (χ0n) is 15.1. The Bertz CT molecular complexity index is 862. The van der Waals surface area contributed by atoms with Crippen LogP contribution in [0.1, 0.15) is 31.4 Å². The van der Waals surface area contributed by atoms with Gasteiger partial charge in [-0.3, -0.25) is 14.5 Å². The van der Waals surface area contributed by atoms with Gasteiger partial charge in [0, 0.05) is 0 Å². The molecule has 1 saturated heterocycles. The van der Waals surface area contributed by atoms with Crippen molar-refractivity contribution in [3.63, 3.8) is 0 Å². The number of carbonyl (C=O) groups excluding carboxylic acids is 2. The molecule has 0 unspecified atom stereocenters. The van der Waals surface area contributed by atoms with Crippen molar-refractivity contribution in [3.05, 3.63) is 70.4 Å². The summed E-state index contributed by atoms with van der Waals surface area (Å²) in [7, 11) is 0. The highest BCUT2D eigenvalue weighted by atomic mass is 32.2. The van der Waals surface area contributed by atoms with E-state index < -0.39 is 0 Å². The van der Waals surface area contributed by atoms with Crippen molar-refractivity contribution >= 4 is 29.0 Å².